The number of carbonyl (C=O) groups is 1. The largest absolute Gasteiger partial charge is 0.412 e. The molecule has 7 nitrogen and oxygen atoms in total. The zero-order chi connectivity index (χ0) is 17.4. The van der Waals surface area contributed by atoms with Gasteiger partial charge in [-0.1, -0.05) is 13.3 Å². The van der Waals surface area contributed by atoms with Crippen LogP contribution in [0.1, 0.15) is 39.0 Å². The molecule has 1 aromatic rings. The van der Waals surface area contributed by atoms with Crippen molar-refractivity contribution in [3.8, 4) is 5.75 Å². The first-order valence-corrected chi connectivity index (χ1v) is 8.39. The lowest BCUT2D eigenvalue weighted by Gasteiger charge is -2.26. The summed E-state index contributed by atoms with van der Waals surface area (Å²) in [7, 11) is 0. The van der Waals surface area contributed by atoms with Crippen molar-refractivity contribution in [1.29, 1.82) is 0 Å². The molecule has 0 aliphatic carbocycles. The van der Waals surface area contributed by atoms with Crippen LogP contribution in [0.2, 0.25) is 0 Å². The van der Waals surface area contributed by atoms with Crippen LogP contribution in [0, 0.1) is 16.0 Å². The van der Waals surface area contributed by atoms with Crippen LogP contribution < -0.4 is 10.1 Å². The molecule has 1 aromatic carbocycles. The van der Waals surface area contributed by atoms with Crippen LogP contribution in [-0.2, 0) is 4.74 Å². The van der Waals surface area contributed by atoms with Crippen LogP contribution in [0.3, 0.4) is 0 Å². The highest BCUT2D eigenvalue weighted by atomic mass is 16.6. The summed E-state index contributed by atoms with van der Waals surface area (Å²) in [6, 6.07) is 5.51. The number of hydrogen-bond acceptors (Lipinski definition) is 5. The lowest BCUT2D eigenvalue weighted by Crippen LogP contribution is -2.39. The summed E-state index contributed by atoms with van der Waals surface area (Å²) >= 11 is 0. The van der Waals surface area contributed by atoms with Gasteiger partial charge >= 0.3 is 6.09 Å². The van der Waals surface area contributed by atoms with Gasteiger partial charge in [-0.15, -0.1) is 0 Å². The average Bonchev–Trinajstić information content (AvgIpc) is 2.56. The van der Waals surface area contributed by atoms with E-state index >= 15 is 0 Å². The summed E-state index contributed by atoms with van der Waals surface area (Å²) < 4.78 is 10.7. The first kappa shape index (κ1) is 18.2. The third-order valence-electron chi connectivity index (χ3n) is 4.09. The molecule has 1 aliphatic heterocycles. The third kappa shape index (κ3) is 5.81. The van der Waals surface area contributed by atoms with E-state index in [0.29, 0.717) is 5.92 Å². The van der Waals surface area contributed by atoms with E-state index in [1.54, 1.807) is 0 Å². The van der Waals surface area contributed by atoms with Gasteiger partial charge in [0, 0.05) is 31.4 Å². The van der Waals surface area contributed by atoms with Gasteiger partial charge < -0.3 is 14.8 Å². The van der Waals surface area contributed by atoms with Crippen molar-refractivity contribution in [3.05, 3.63) is 34.4 Å². The number of rotatable bonds is 7. The highest BCUT2D eigenvalue weighted by Crippen LogP contribution is 2.21. The van der Waals surface area contributed by atoms with Crippen LogP contribution >= 0.6 is 0 Å². The molecule has 0 aromatic heterocycles. The zero-order valence-electron chi connectivity index (χ0n) is 13.9. The van der Waals surface area contributed by atoms with E-state index in [9.17, 15) is 14.9 Å². The third-order valence-corrected chi connectivity index (χ3v) is 4.09. The number of nitrogens with zero attached hydrogens (tertiary/aromatic N) is 1. The second-order valence-corrected chi connectivity index (χ2v) is 6.09. The van der Waals surface area contributed by atoms with Gasteiger partial charge in [0.25, 0.3) is 5.69 Å². The predicted octanol–water partition coefficient (Wildman–Crippen LogP) is 3.67. The minimum Gasteiger partial charge on any atom is -0.410 e. The molecule has 0 saturated carbocycles. The van der Waals surface area contributed by atoms with E-state index in [1.165, 1.54) is 24.3 Å². The maximum Gasteiger partial charge on any atom is 0.412 e. The van der Waals surface area contributed by atoms with Crippen molar-refractivity contribution in [1.82, 2.24) is 5.32 Å². The second-order valence-electron chi connectivity index (χ2n) is 6.09. The fourth-order valence-corrected chi connectivity index (χ4v) is 2.93. The number of non-ortho nitro benzene ring substituents is 1. The van der Waals surface area contributed by atoms with Gasteiger partial charge in [-0.05, 0) is 43.7 Å². The summed E-state index contributed by atoms with van der Waals surface area (Å²) in [5.74, 6) is 0.754. The van der Waals surface area contributed by atoms with Crippen molar-refractivity contribution in [2.24, 2.45) is 5.92 Å². The van der Waals surface area contributed by atoms with Gasteiger partial charge in [0.1, 0.15) is 5.75 Å². The Bertz CT molecular complexity index is 540. The first-order valence-electron chi connectivity index (χ1n) is 8.39. The van der Waals surface area contributed by atoms with E-state index < -0.39 is 11.0 Å². The molecule has 1 aliphatic rings. The van der Waals surface area contributed by atoms with Crippen molar-refractivity contribution < 1.29 is 19.2 Å². The molecule has 0 radical (unpaired) electrons. The Hall–Kier alpha value is -2.15. The monoisotopic (exact) mass is 336 g/mol. The Labute approximate surface area is 141 Å². The minimum absolute atomic E-state index is 0.0380. The molecule has 2 rings (SSSR count). The van der Waals surface area contributed by atoms with Gasteiger partial charge in [0.05, 0.1) is 4.92 Å². The topological polar surface area (TPSA) is 90.7 Å². The Morgan fingerprint density at radius 1 is 1.46 bits per heavy atom. The predicted molar refractivity (Wildman–Crippen MR) is 89.1 cm³/mol. The Morgan fingerprint density at radius 3 is 2.79 bits per heavy atom. The quantitative estimate of drug-likeness (QED) is 0.606. The molecule has 2 atom stereocenters. The number of nitro benzene ring substituents is 1. The van der Waals surface area contributed by atoms with Crippen molar-refractivity contribution in [2.75, 3.05) is 13.2 Å². The molecule has 0 spiro atoms. The summed E-state index contributed by atoms with van der Waals surface area (Å²) in [6.07, 6.45) is 4.39. The van der Waals surface area contributed by atoms with Crippen LogP contribution in [0.25, 0.3) is 0 Å². The lowest BCUT2D eigenvalue weighted by molar-refractivity contribution is -0.384. The number of amides is 1. The van der Waals surface area contributed by atoms with Gasteiger partial charge in [-0.3, -0.25) is 10.1 Å². The number of carbonyl (C=O) groups excluding carboxylic acids is 1. The van der Waals surface area contributed by atoms with E-state index in [4.69, 9.17) is 9.47 Å². The summed E-state index contributed by atoms with van der Waals surface area (Å²) in [4.78, 5) is 22.2. The minimum atomic E-state index is -0.529. The van der Waals surface area contributed by atoms with Gasteiger partial charge in [-0.25, -0.2) is 4.79 Å². The van der Waals surface area contributed by atoms with Gasteiger partial charge in [0.2, 0.25) is 0 Å². The first-order chi connectivity index (χ1) is 11.6. The highest BCUT2D eigenvalue weighted by molar-refractivity contribution is 5.70. The maximum absolute atomic E-state index is 12.1. The van der Waals surface area contributed by atoms with Gasteiger partial charge in [0.15, 0.2) is 0 Å². The molecule has 0 bridgehead atoms. The molecule has 132 valence electrons. The fraction of sp³-hybridized carbons (Fsp3) is 0.588. The van der Waals surface area contributed by atoms with E-state index in [-0.39, 0.29) is 17.5 Å². The highest BCUT2D eigenvalue weighted by Gasteiger charge is 2.21. The average molecular weight is 336 g/mol. The number of nitro groups is 1. The fourth-order valence-electron chi connectivity index (χ4n) is 2.93. The number of ether oxygens (including phenoxy) is 2. The smallest absolute Gasteiger partial charge is 0.410 e. The maximum atomic E-state index is 12.1. The molecular weight excluding hydrogens is 312 g/mol. The molecule has 1 N–H and O–H groups in total. The van der Waals surface area contributed by atoms with E-state index in [0.717, 1.165) is 45.3 Å². The standard InChI is InChI=1S/C17H24N2O5/c1-2-4-14(11-13-5-3-10-23-12-13)18-17(20)24-16-8-6-15(7-9-16)19(21)22/h6-9,13-14H,2-5,10-12H2,1H3,(H,18,20)/t13-,14-/m1/s1. The zero-order valence-corrected chi connectivity index (χ0v) is 13.9. The molecular formula is C17H24N2O5. The molecule has 1 fully saturated rings. The SMILES string of the molecule is CCC[C@H](C[C@H]1CCCOC1)NC(=O)Oc1ccc([N+](=O)[O-])cc1. The van der Waals surface area contributed by atoms with Crippen molar-refractivity contribution in [2.45, 2.75) is 45.1 Å². The molecule has 7 heteroatoms. The van der Waals surface area contributed by atoms with Crippen LogP contribution in [0.15, 0.2) is 24.3 Å². The van der Waals surface area contributed by atoms with Crippen LogP contribution in [-0.4, -0.2) is 30.3 Å². The number of benzene rings is 1. The molecule has 0 unspecified atom stereocenters. The van der Waals surface area contributed by atoms with E-state index in [1.807, 2.05) is 0 Å². The molecule has 1 heterocycles. The van der Waals surface area contributed by atoms with Crippen LogP contribution in [0.5, 0.6) is 5.75 Å². The molecule has 1 saturated heterocycles. The Balaban J connectivity index is 1.85. The van der Waals surface area contributed by atoms with Gasteiger partial charge in [-0.2, -0.15) is 0 Å². The van der Waals surface area contributed by atoms with Crippen molar-refractivity contribution >= 4 is 11.8 Å². The number of hydrogen-bond donors (Lipinski definition) is 1. The van der Waals surface area contributed by atoms with Crippen molar-refractivity contribution in [3.63, 3.8) is 0 Å². The van der Waals surface area contributed by atoms with E-state index in [2.05, 4.69) is 12.2 Å². The summed E-state index contributed by atoms with van der Waals surface area (Å²) in [6.45, 7) is 3.65. The summed E-state index contributed by atoms with van der Waals surface area (Å²) in [5.41, 5.74) is -0.0380. The second kappa shape index (κ2) is 9.22. The normalized spacial score (nSPS) is 18.6. The Morgan fingerprint density at radius 2 is 2.21 bits per heavy atom. The lowest BCUT2D eigenvalue weighted by atomic mass is 9.92. The Kier molecular flexibility index (Phi) is 6.99. The summed E-state index contributed by atoms with van der Waals surface area (Å²) in [5, 5.41) is 13.5. The molecule has 1 amide bonds. The molecule has 24 heavy (non-hydrogen) atoms. The number of nitrogens with one attached hydrogen (secondary N) is 1. The van der Waals surface area contributed by atoms with Crippen LogP contribution in [0.4, 0.5) is 10.5 Å².